The normalized spacial score (nSPS) is 15.8. The Bertz CT molecular complexity index is 1170. The number of carbonyl (C=O) groups is 2. The predicted molar refractivity (Wildman–Crippen MR) is 137 cm³/mol. The maximum atomic E-state index is 13.4. The van der Waals surface area contributed by atoms with Crippen LogP contribution in [0.5, 0.6) is 23.0 Å². The van der Waals surface area contributed by atoms with Gasteiger partial charge in [-0.3, -0.25) is 14.9 Å². The first-order valence-corrected chi connectivity index (χ1v) is 11.6. The van der Waals surface area contributed by atoms with Crippen LogP contribution < -0.4 is 29.2 Å². The molecule has 1 fully saturated rings. The van der Waals surface area contributed by atoms with Crippen molar-refractivity contribution in [3.05, 3.63) is 45.9 Å². The first-order valence-electron chi connectivity index (χ1n) is 10.4. The Labute approximate surface area is 211 Å². The number of hydrogen-bond acceptors (Lipinski definition) is 7. The van der Waals surface area contributed by atoms with Gasteiger partial charge in [-0.25, -0.2) is 4.90 Å². The van der Waals surface area contributed by atoms with E-state index < -0.39 is 11.8 Å². The number of amides is 2. The van der Waals surface area contributed by atoms with E-state index in [-0.39, 0.29) is 16.8 Å². The number of methoxy groups -OCH3 is 3. The number of halogens is 1. The number of hydrogen-bond donors (Lipinski definition) is 1. The monoisotopic (exact) mass is 548 g/mol. The predicted octanol–water partition coefficient (Wildman–Crippen LogP) is 4.48. The summed E-state index contributed by atoms with van der Waals surface area (Å²) in [5, 5.41) is 2.52. The summed E-state index contributed by atoms with van der Waals surface area (Å²) in [4.78, 5) is 27.3. The Morgan fingerprint density at radius 1 is 1.09 bits per heavy atom. The van der Waals surface area contributed by atoms with Gasteiger partial charge in [0, 0.05) is 6.07 Å². The van der Waals surface area contributed by atoms with Gasteiger partial charge in [-0.05, 0) is 77.4 Å². The molecule has 8 nitrogen and oxygen atoms in total. The van der Waals surface area contributed by atoms with E-state index in [4.69, 9.17) is 31.2 Å². The van der Waals surface area contributed by atoms with Crippen molar-refractivity contribution >= 4 is 56.8 Å². The highest BCUT2D eigenvalue weighted by molar-refractivity contribution is 9.10. The van der Waals surface area contributed by atoms with Crippen molar-refractivity contribution in [2.75, 3.05) is 26.2 Å². The Morgan fingerprint density at radius 2 is 1.79 bits per heavy atom. The van der Waals surface area contributed by atoms with Gasteiger partial charge in [0.15, 0.2) is 16.6 Å². The molecule has 180 valence electrons. The topological polar surface area (TPSA) is 86.3 Å². The lowest BCUT2D eigenvalue weighted by molar-refractivity contribution is -0.122. The van der Waals surface area contributed by atoms with Crippen LogP contribution in [-0.2, 0) is 9.59 Å². The molecule has 1 saturated heterocycles. The molecule has 3 rings (SSSR count). The Hall–Kier alpha value is -3.11. The van der Waals surface area contributed by atoms with Crippen molar-refractivity contribution in [2.45, 2.75) is 26.4 Å². The molecule has 1 N–H and O–H groups in total. The second-order valence-corrected chi connectivity index (χ2v) is 8.61. The Morgan fingerprint density at radius 3 is 2.41 bits per heavy atom. The number of anilines is 1. The highest BCUT2D eigenvalue weighted by atomic mass is 79.9. The van der Waals surface area contributed by atoms with Crippen molar-refractivity contribution < 1.29 is 28.5 Å². The number of thiocarbonyl (C=S) groups is 1. The maximum absolute atomic E-state index is 13.4. The summed E-state index contributed by atoms with van der Waals surface area (Å²) in [6.45, 7) is 3.98. The van der Waals surface area contributed by atoms with Crippen LogP contribution in [0, 0.1) is 0 Å². The van der Waals surface area contributed by atoms with Crippen LogP contribution in [0.25, 0.3) is 6.08 Å². The number of nitrogens with one attached hydrogen (secondary N) is 1. The summed E-state index contributed by atoms with van der Waals surface area (Å²) in [6.07, 6.45) is 2.28. The standard InChI is InChI=1S/C24H25BrN2O6S/c1-6-13(2)33-21-17(25)10-14(11-20(21)32-5)9-16-22(28)26-24(34)27(23(16)29)18-8-7-15(30-3)12-19(18)31-4/h7-13H,6H2,1-5H3,(H,26,28,34)/b16-9+/t13-/m1/s1. The van der Waals surface area contributed by atoms with Gasteiger partial charge in [0.05, 0.1) is 37.6 Å². The molecular weight excluding hydrogens is 524 g/mol. The van der Waals surface area contributed by atoms with Gasteiger partial charge in [-0.1, -0.05) is 6.92 Å². The summed E-state index contributed by atoms with van der Waals surface area (Å²) in [5.41, 5.74) is 0.837. The van der Waals surface area contributed by atoms with Gasteiger partial charge < -0.3 is 18.9 Å². The van der Waals surface area contributed by atoms with Crippen LogP contribution in [0.4, 0.5) is 5.69 Å². The molecule has 1 aliphatic rings. The van der Waals surface area contributed by atoms with Gasteiger partial charge in [0.1, 0.15) is 17.1 Å². The van der Waals surface area contributed by atoms with Gasteiger partial charge in [-0.15, -0.1) is 0 Å². The number of nitrogens with zero attached hydrogens (tertiary/aromatic N) is 1. The molecule has 2 amide bonds. The summed E-state index contributed by atoms with van der Waals surface area (Å²) >= 11 is 8.80. The largest absolute Gasteiger partial charge is 0.497 e. The van der Waals surface area contributed by atoms with Crippen molar-refractivity contribution in [3.63, 3.8) is 0 Å². The molecule has 0 spiro atoms. The third-order valence-corrected chi connectivity index (χ3v) is 6.06. The van der Waals surface area contributed by atoms with Gasteiger partial charge >= 0.3 is 0 Å². The molecule has 0 saturated carbocycles. The zero-order valence-corrected chi connectivity index (χ0v) is 21.8. The van der Waals surface area contributed by atoms with Crippen LogP contribution in [0.3, 0.4) is 0 Å². The zero-order valence-electron chi connectivity index (χ0n) is 19.4. The minimum atomic E-state index is -0.603. The third-order valence-electron chi connectivity index (χ3n) is 5.19. The summed E-state index contributed by atoms with van der Waals surface area (Å²) in [6, 6.07) is 8.38. The van der Waals surface area contributed by atoms with E-state index >= 15 is 0 Å². The zero-order chi connectivity index (χ0) is 25.0. The number of carbonyl (C=O) groups excluding carboxylic acids is 2. The van der Waals surface area contributed by atoms with Crippen LogP contribution in [0.2, 0.25) is 0 Å². The second-order valence-electron chi connectivity index (χ2n) is 7.37. The first-order chi connectivity index (χ1) is 16.2. The van der Waals surface area contributed by atoms with E-state index in [1.54, 1.807) is 30.3 Å². The van der Waals surface area contributed by atoms with E-state index in [2.05, 4.69) is 21.2 Å². The van der Waals surface area contributed by atoms with Crippen LogP contribution in [-0.4, -0.2) is 44.4 Å². The number of ether oxygens (including phenoxy) is 4. The molecule has 1 heterocycles. The molecule has 0 radical (unpaired) electrons. The second kappa shape index (κ2) is 10.9. The SMILES string of the molecule is CC[C@@H](C)Oc1c(Br)cc(/C=C2\C(=O)NC(=S)N(c3ccc(OC)cc3OC)C2=O)cc1OC. The van der Waals surface area contributed by atoms with Crippen molar-refractivity contribution in [1.82, 2.24) is 5.32 Å². The minimum absolute atomic E-state index is 0.0193. The van der Waals surface area contributed by atoms with Crippen molar-refractivity contribution in [1.29, 1.82) is 0 Å². The smallest absolute Gasteiger partial charge is 0.270 e. The van der Waals surface area contributed by atoms with Crippen molar-refractivity contribution in [3.8, 4) is 23.0 Å². The molecule has 34 heavy (non-hydrogen) atoms. The minimum Gasteiger partial charge on any atom is -0.497 e. The maximum Gasteiger partial charge on any atom is 0.270 e. The lowest BCUT2D eigenvalue weighted by Gasteiger charge is -2.30. The summed E-state index contributed by atoms with van der Waals surface area (Å²) < 4.78 is 22.7. The third kappa shape index (κ3) is 5.18. The van der Waals surface area contributed by atoms with E-state index in [1.807, 2.05) is 13.8 Å². The van der Waals surface area contributed by atoms with Crippen LogP contribution in [0.15, 0.2) is 40.4 Å². The van der Waals surface area contributed by atoms with Gasteiger partial charge in [0.2, 0.25) is 0 Å². The lowest BCUT2D eigenvalue weighted by Crippen LogP contribution is -2.54. The van der Waals surface area contributed by atoms with E-state index in [0.717, 1.165) is 6.42 Å². The van der Waals surface area contributed by atoms with Crippen LogP contribution in [0.1, 0.15) is 25.8 Å². The molecule has 10 heteroatoms. The van der Waals surface area contributed by atoms with Crippen LogP contribution >= 0.6 is 28.1 Å². The fraction of sp³-hybridized carbons (Fsp3) is 0.292. The number of rotatable bonds is 8. The Balaban J connectivity index is 2.04. The quantitative estimate of drug-likeness (QED) is 0.295. The Kier molecular flexibility index (Phi) is 8.16. The summed E-state index contributed by atoms with van der Waals surface area (Å²) in [5.74, 6) is 0.730. The fourth-order valence-corrected chi connectivity index (χ4v) is 4.06. The molecule has 2 aromatic carbocycles. The molecule has 2 aromatic rings. The molecule has 1 aliphatic heterocycles. The highest BCUT2D eigenvalue weighted by Gasteiger charge is 2.36. The first kappa shape index (κ1) is 25.5. The average Bonchev–Trinajstić information content (AvgIpc) is 2.82. The van der Waals surface area contributed by atoms with E-state index in [1.165, 1.54) is 32.3 Å². The molecule has 0 aliphatic carbocycles. The molecule has 0 bridgehead atoms. The number of benzene rings is 2. The fourth-order valence-electron chi connectivity index (χ4n) is 3.23. The van der Waals surface area contributed by atoms with E-state index in [9.17, 15) is 9.59 Å². The molecular formula is C24H25BrN2O6S. The summed E-state index contributed by atoms with van der Waals surface area (Å²) in [7, 11) is 4.52. The highest BCUT2D eigenvalue weighted by Crippen LogP contribution is 2.39. The van der Waals surface area contributed by atoms with Crippen molar-refractivity contribution in [2.24, 2.45) is 0 Å². The average molecular weight is 549 g/mol. The van der Waals surface area contributed by atoms with Gasteiger partial charge in [0.25, 0.3) is 11.8 Å². The van der Waals surface area contributed by atoms with E-state index in [0.29, 0.717) is 38.7 Å². The lowest BCUT2D eigenvalue weighted by atomic mass is 10.1. The molecule has 1 atom stereocenters. The molecule has 0 aromatic heterocycles. The molecule has 0 unspecified atom stereocenters. The van der Waals surface area contributed by atoms with Gasteiger partial charge in [-0.2, -0.15) is 0 Å².